The van der Waals surface area contributed by atoms with Gasteiger partial charge in [0.1, 0.15) is 0 Å². The van der Waals surface area contributed by atoms with Crippen LogP contribution in [0.3, 0.4) is 0 Å². The summed E-state index contributed by atoms with van der Waals surface area (Å²) in [5.41, 5.74) is 0.847. The Morgan fingerprint density at radius 3 is 3.12 bits per heavy atom. The Hall–Kier alpha value is -1.36. The van der Waals surface area contributed by atoms with Gasteiger partial charge in [-0.15, -0.1) is 0 Å². The number of rotatable bonds is 2. The molecule has 2 aliphatic heterocycles. The quantitative estimate of drug-likeness (QED) is 0.721. The Bertz CT molecular complexity index is 456. The van der Waals surface area contributed by atoms with E-state index in [-0.39, 0.29) is 5.56 Å². The van der Waals surface area contributed by atoms with Gasteiger partial charge in [-0.2, -0.15) is 0 Å². The Labute approximate surface area is 93.9 Å². The van der Waals surface area contributed by atoms with Gasteiger partial charge in [-0.05, 0) is 6.42 Å². The van der Waals surface area contributed by atoms with Crippen LogP contribution in [0.5, 0.6) is 0 Å². The summed E-state index contributed by atoms with van der Waals surface area (Å²) in [7, 11) is 0. The third-order valence-electron chi connectivity index (χ3n) is 3.61. The van der Waals surface area contributed by atoms with Gasteiger partial charge in [0.15, 0.2) is 5.82 Å². The van der Waals surface area contributed by atoms with E-state index in [1.807, 2.05) is 6.92 Å². The lowest BCUT2D eigenvalue weighted by atomic mass is 9.92. The topological polar surface area (TPSA) is 61.0 Å². The van der Waals surface area contributed by atoms with Gasteiger partial charge in [-0.25, -0.2) is 4.98 Å². The first-order valence-electron chi connectivity index (χ1n) is 5.85. The number of fused-ring (bicyclic) bond motifs is 1. The zero-order valence-corrected chi connectivity index (χ0v) is 9.36. The summed E-state index contributed by atoms with van der Waals surface area (Å²) in [6.07, 6.45) is 2.59. The summed E-state index contributed by atoms with van der Waals surface area (Å²) in [6.45, 7) is 5.01. The van der Waals surface area contributed by atoms with Gasteiger partial charge in [0.05, 0.1) is 0 Å². The molecule has 2 fully saturated rings. The highest BCUT2D eigenvalue weighted by Crippen LogP contribution is 2.30. The monoisotopic (exact) mass is 220 g/mol. The number of hydrogen-bond donors (Lipinski definition) is 2. The minimum Gasteiger partial charge on any atom is -0.347 e. The van der Waals surface area contributed by atoms with Crippen molar-refractivity contribution in [2.45, 2.75) is 19.4 Å². The van der Waals surface area contributed by atoms with Crippen molar-refractivity contribution in [1.82, 2.24) is 15.3 Å². The SMILES string of the molecule is CCc1cnc(N2CC3CNCC32)c(=O)[nH]1. The molecule has 3 heterocycles. The van der Waals surface area contributed by atoms with E-state index in [0.29, 0.717) is 17.8 Å². The van der Waals surface area contributed by atoms with Gasteiger partial charge in [0.25, 0.3) is 5.56 Å². The van der Waals surface area contributed by atoms with E-state index in [2.05, 4.69) is 20.2 Å². The predicted molar refractivity (Wildman–Crippen MR) is 61.7 cm³/mol. The second-order valence-electron chi connectivity index (χ2n) is 4.55. The first kappa shape index (κ1) is 9.84. The molecule has 86 valence electrons. The van der Waals surface area contributed by atoms with Crippen LogP contribution >= 0.6 is 0 Å². The normalized spacial score (nSPS) is 27.7. The van der Waals surface area contributed by atoms with Gasteiger partial charge in [-0.1, -0.05) is 6.92 Å². The molecule has 0 bridgehead atoms. The number of H-pyrrole nitrogens is 1. The fourth-order valence-electron chi connectivity index (χ4n) is 2.58. The van der Waals surface area contributed by atoms with Crippen molar-refractivity contribution in [2.75, 3.05) is 24.5 Å². The molecule has 2 atom stereocenters. The lowest BCUT2D eigenvalue weighted by Crippen LogP contribution is -2.57. The van der Waals surface area contributed by atoms with Crippen LogP contribution in [0.1, 0.15) is 12.6 Å². The average Bonchev–Trinajstić information content (AvgIpc) is 2.63. The summed E-state index contributed by atoms with van der Waals surface area (Å²) in [5, 5.41) is 3.34. The van der Waals surface area contributed by atoms with Crippen LogP contribution in [-0.4, -0.2) is 35.6 Å². The minimum absolute atomic E-state index is 0.0512. The first-order chi connectivity index (χ1) is 7.79. The molecule has 2 aliphatic rings. The van der Waals surface area contributed by atoms with E-state index in [0.717, 1.165) is 31.7 Å². The molecule has 2 unspecified atom stereocenters. The highest BCUT2D eigenvalue weighted by Gasteiger charge is 2.43. The molecule has 16 heavy (non-hydrogen) atoms. The molecule has 5 heteroatoms. The van der Waals surface area contributed by atoms with Crippen molar-refractivity contribution < 1.29 is 0 Å². The number of aromatic amines is 1. The molecule has 1 aromatic rings. The second-order valence-corrected chi connectivity index (χ2v) is 4.55. The highest BCUT2D eigenvalue weighted by atomic mass is 16.1. The number of anilines is 1. The molecule has 5 nitrogen and oxygen atoms in total. The van der Waals surface area contributed by atoms with Crippen LogP contribution in [0.15, 0.2) is 11.0 Å². The van der Waals surface area contributed by atoms with Crippen molar-refractivity contribution in [3.05, 3.63) is 22.2 Å². The third kappa shape index (κ3) is 1.35. The van der Waals surface area contributed by atoms with Crippen molar-refractivity contribution in [3.8, 4) is 0 Å². The van der Waals surface area contributed by atoms with E-state index in [1.165, 1.54) is 0 Å². The second kappa shape index (κ2) is 3.59. The van der Waals surface area contributed by atoms with Crippen LogP contribution in [0.4, 0.5) is 5.82 Å². The van der Waals surface area contributed by atoms with Gasteiger partial charge in [-0.3, -0.25) is 4.79 Å². The predicted octanol–water partition coefficient (Wildman–Crippen LogP) is -0.260. The highest BCUT2D eigenvalue weighted by molar-refractivity contribution is 5.43. The maximum Gasteiger partial charge on any atom is 0.291 e. The number of nitrogens with one attached hydrogen (secondary N) is 2. The van der Waals surface area contributed by atoms with Crippen LogP contribution < -0.4 is 15.8 Å². The molecule has 1 aromatic heterocycles. The number of aryl methyl sites for hydroxylation is 1. The fraction of sp³-hybridized carbons (Fsp3) is 0.636. The minimum atomic E-state index is -0.0512. The van der Waals surface area contributed by atoms with Crippen molar-refractivity contribution in [3.63, 3.8) is 0 Å². The molecule has 0 aromatic carbocycles. The Kier molecular flexibility index (Phi) is 2.21. The van der Waals surface area contributed by atoms with E-state index >= 15 is 0 Å². The third-order valence-corrected chi connectivity index (χ3v) is 3.61. The molecular formula is C11H16N4O. The van der Waals surface area contributed by atoms with Gasteiger partial charge >= 0.3 is 0 Å². The molecular weight excluding hydrogens is 204 g/mol. The first-order valence-corrected chi connectivity index (χ1v) is 5.85. The molecule has 2 saturated heterocycles. The van der Waals surface area contributed by atoms with E-state index in [1.54, 1.807) is 6.20 Å². The number of nitrogens with zero attached hydrogens (tertiary/aromatic N) is 2. The number of aromatic nitrogens is 2. The Morgan fingerprint density at radius 1 is 1.56 bits per heavy atom. The summed E-state index contributed by atoms with van der Waals surface area (Å²) >= 11 is 0. The molecule has 0 amide bonds. The van der Waals surface area contributed by atoms with Crippen LogP contribution in [0.2, 0.25) is 0 Å². The van der Waals surface area contributed by atoms with Gasteiger partial charge < -0.3 is 15.2 Å². The molecule has 3 rings (SSSR count). The van der Waals surface area contributed by atoms with Crippen LogP contribution in [0.25, 0.3) is 0 Å². The average molecular weight is 220 g/mol. The molecule has 0 saturated carbocycles. The Morgan fingerprint density at radius 2 is 2.44 bits per heavy atom. The molecule has 0 spiro atoms. The smallest absolute Gasteiger partial charge is 0.291 e. The summed E-state index contributed by atoms with van der Waals surface area (Å²) in [5.74, 6) is 1.29. The summed E-state index contributed by atoms with van der Waals surface area (Å²) < 4.78 is 0. The molecule has 2 N–H and O–H groups in total. The van der Waals surface area contributed by atoms with Crippen LogP contribution in [-0.2, 0) is 6.42 Å². The van der Waals surface area contributed by atoms with E-state index in [4.69, 9.17) is 0 Å². The largest absolute Gasteiger partial charge is 0.347 e. The maximum atomic E-state index is 11.8. The lowest BCUT2D eigenvalue weighted by molar-refractivity contribution is 0.361. The molecule has 0 radical (unpaired) electrons. The fourth-order valence-corrected chi connectivity index (χ4v) is 2.58. The number of hydrogen-bond acceptors (Lipinski definition) is 4. The Balaban J connectivity index is 1.87. The molecule has 0 aliphatic carbocycles. The maximum absolute atomic E-state index is 11.8. The van der Waals surface area contributed by atoms with Gasteiger partial charge in [0.2, 0.25) is 0 Å². The van der Waals surface area contributed by atoms with Crippen molar-refractivity contribution in [1.29, 1.82) is 0 Å². The lowest BCUT2D eigenvalue weighted by Gasteiger charge is -2.43. The zero-order chi connectivity index (χ0) is 11.1. The van der Waals surface area contributed by atoms with E-state index in [9.17, 15) is 4.79 Å². The van der Waals surface area contributed by atoms with E-state index < -0.39 is 0 Å². The zero-order valence-electron chi connectivity index (χ0n) is 9.36. The summed E-state index contributed by atoms with van der Waals surface area (Å²) in [6, 6.07) is 0.473. The van der Waals surface area contributed by atoms with Gasteiger partial charge in [0, 0.05) is 43.5 Å². The van der Waals surface area contributed by atoms with Crippen LogP contribution in [0, 0.1) is 5.92 Å². The summed E-state index contributed by atoms with van der Waals surface area (Å²) in [4.78, 5) is 21.1. The standard InChI is InChI=1S/C11H16N4O/c1-2-8-4-13-10(11(16)14-8)15-6-7-3-12-5-9(7)15/h4,7,9,12H,2-3,5-6H2,1H3,(H,14,16). The van der Waals surface area contributed by atoms with Crippen molar-refractivity contribution >= 4 is 5.82 Å². The van der Waals surface area contributed by atoms with Crippen molar-refractivity contribution in [2.24, 2.45) is 5.92 Å².